The minimum Gasteiger partial charge on any atom is -0.508 e. The predicted molar refractivity (Wildman–Crippen MR) is 170 cm³/mol. The first-order valence-corrected chi connectivity index (χ1v) is 16.2. The van der Waals surface area contributed by atoms with Gasteiger partial charge in [0.25, 0.3) is 0 Å². The summed E-state index contributed by atoms with van der Waals surface area (Å²) < 4.78 is 14.5. The number of carbonyl (C=O) groups excluding carboxylic acids is 1. The molecule has 0 bridgehead atoms. The molecule has 1 aliphatic heterocycles. The first-order chi connectivity index (χ1) is 22.4. The van der Waals surface area contributed by atoms with E-state index in [9.17, 15) is 19.8 Å². The Hall–Kier alpha value is -4.30. The smallest absolute Gasteiger partial charge is 0.303 e. The first kappa shape index (κ1) is 33.1. The number of tetrazole rings is 1. The number of aromatic hydroxyl groups is 1. The van der Waals surface area contributed by atoms with Crippen LogP contribution < -0.4 is 5.32 Å². The molecule has 242 valence electrons. The number of ether oxygens (including phenoxy) is 2. The molecule has 2 heterocycles. The molecule has 3 aromatic carbocycles. The number of phenolic OH excluding ortho intramolecular Hbond substituents is 1. The standard InChI is InChI=1S/C33H37N5O7S/c39-20-22-7-9-23(10-8-22)29-19-28(21-46-33-35-36-37-38(33)26-15-17-27(40)18-16-26)44-32(45-29)24-11-13-25(14-12-24)34-30(41)5-3-1-2-4-6-31(42)43/h7-18,28-29,32,39-40H,1-6,19-21H2,(H,34,41)(H,42,43). The fourth-order valence-electron chi connectivity index (χ4n) is 5.08. The maximum Gasteiger partial charge on any atom is 0.303 e. The number of thioether (sulfide) groups is 1. The second-order valence-corrected chi connectivity index (χ2v) is 12.0. The van der Waals surface area contributed by atoms with Gasteiger partial charge in [0.1, 0.15) is 5.75 Å². The maximum atomic E-state index is 12.4. The number of aliphatic hydroxyl groups excluding tert-OH is 1. The zero-order valence-electron chi connectivity index (χ0n) is 25.2. The molecule has 3 atom stereocenters. The van der Waals surface area contributed by atoms with Gasteiger partial charge < -0.3 is 30.1 Å². The molecule has 4 N–H and O–H groups in total. The summed E-state index contributed by atoms with van der Waals surface area (Å²) in [6.07, 6.45) is 2.90. The third-order valence-corrected chi connectivity index (χ3v) is 8.61. The van der Waals surface area contributed by atoms with Crippen molar-refractivity contribution < 1.29 is 34.4 Å². The molecular formula is C33H37N5O7S. The van der Waals surface area contributed by atoms with Gasteiger partial charge in [-0.05, 0) is 70.8 Å². The molecule has 1 fully saturated rings. The average molecular weight is 648 g/mol. The summed E-state index contributed by atoms with van der Waals surface area (Å²) in [7, 11) is 0. The highest BCUT2D eigenvalue weighted by molar-refractivity contribution is 7.99. The number of anilines is 1. The Kier molecular flexibility index (Phi) is 11.7. The van der Waals surface area contributed by atoms with Gasteiger partial charge in [-0.15, -0.1) is 5.10 Å². The molecule has 5 rings (SSSR count). The number of unbranched alkanes of at least 4 members (excludes halogenated alkanes) is 3. The number of aliphatic hydroxyl groups is 1. The fraction of sp³-hybridized carbons (Fsp3) is 0.364. The van der Waals surface area contributed by atoms with Gasteiger partial charge in [-0.25, -0.2) is 0 Å². The van der Waals surface area contributed by atoms with E-state index in [-0.39, 0.29) is 36.9 Å². The van der Waals surface area contributed by atoms with E-state index in [1.807, 2.05) is 48.5 Å². The molecule has 4 aromatic rings. The van der Waals surface area contributed by atoms with Crippen molar-refractivity contribution in [3.8, 4) is 11.4 Å². The Bertz CT molecular complexity index is 1560. The zero-order valence-corrected chi connectivity index (χ0v) is 26.0. The van der Waals surface area contributed by atoms with Gasteiger partial charge in [0.2, 0.25) is 11.1 Å². The molecule has 3 unspecified atom stereocenters. The SMILES string of the molecule is O=C(O)CCCCCCC(=O)Nc1ccc(C2OC(CSc3nnnn3-c3ccc(O)cc3)CC(c3ccc(CO)cc3)O2)cc1. The minimum atomic E-state index is -0.795. The van der Waals surface area contributed by atoms with Crippen LogP contribution in [-0.2, 0) is 25.7 Å². The van der Waals surface area contributed by atoms with Crippen LogP contribution in [0.4, 0.5) is 5.69 Å². The number of hydrogen-bond acceptors (Lipinski definition) is 10. The van der Waals surface area contributed by atoms with Crippen molar-refractivity contribution in [2.45, 2.75) is 75.2 Å². The number of aliphatic carboxylic acids is 1. The number of nitrogens with one attached hydrogen (secondary N) is 1. The van der Waals surface area contributed by atoms with E-state index in [0.717, 1.165) is 35.2 Å². The lowest BCUT2D eigenvalue weighted by Gasteiger charge is -2.36. The number of aromatic nitrogens is 4. The second kappa shape index (κ2) is 16.3. The van der Waals surface area contributed by atoms with Crippen molar-refractivity contribution in [1.29, 1.82) is 0 Å². The molecule has 0 aliphatic carbocycles. The van der Waals surface area contributed by atoms with Crippen LogP contribution in [0.5, 0.6) is 5.75 Å². The van der Waals surface area contributed by atoms with Gasteiger partial charge in [-0.1, -0.05) is 61.0 Å². The Morgan fingerprint density at radius 2 is 1.59 bits per heavy atom. The molecule has 1 amide bonds. The van der Waals surface area contributed by atoms with E-state index in [1.54, 1.807) is 28.9 Å². The molecule has 1 aromatic heterocycles. The predicted octanol–water partition coefficient (Wildman–Crippen LogP) is 5.56. The topological polar surface area (TPSA) is 169 Å². The molecule has 0 saturated carbocycles. The van der Waals surface area contributed by atoms with Crippen molar-refractivity contribution in [3.05, 3.63) is 89.5 Å². The Morgan fingerprint density at radius 3 is 2.28 bits per heavy atom. The molecule has 1 saturated heterocycles. The third-order valence-electron chi connectivity index (χ3n) is 7.56. The fourth-order valence-corrected chi connectivity index (χ4v) is 5.99. The lowest BCUT2D eigenvalue weighted by molar-refractivity contribution is -0.245. The van der Waals surface area contributed by atoms with Gasteiger partial charge in [-0.2, -0.15) is 4.68 Å². The van der Waals surface area contributed by atoms with Gasteiger partial charge >= 0.3 is 5.97 Å². The number of phenols is 1. The summed E-state index contributed by atoms with van der Waals surface area (Å²) in [6, 6.07) is 21.7. The molecule has 0 radical (unpaired) electrons. The average Bonchev–Trinajstić information content (AvgIpc) is 3.54. The number of amides is 1. The summed E-state index contributed by atoms with van der Waals surface area (Å²) in [6.45, 7) is -0.0395. The Morgan fingerprint density at radius 1 is 0.891 bits per heavy atom. The van der Waals surface area contributed by atoms with Crippen LogP contribution in [-0.4, -0.2) is 59.3 Å². The lowest BCUT2D eigenvalue weighted by atomic mass is 10.0. The van der Waals surface area contributed by atoms with E-state index < -0.39 is 12.3 Å². The minimum absolute atomic E-state index is 0.0395. The summed E-state index contributed by atoms with van der Waals surface area (Å²) in [5, 5.41) is 43.5. The number of carboxylic acids is 1. The van der Waals surface area contributed by atoms with E-state index >= 15 is 0 Å². The van der Waals surface area contributed by atoms with E-state index in [4.69, 9.17) is 14.6 Å². The van der Waals surface area contributed by atoms with Crippen molar-refractivity contribution in [2.75, 3.05) is 11.1 Å². The van der Waals surface area contributed by atoms with Gasteiger partial charge in [-0.3, -0.25) is 9.59 Å². The van der Waals surface area contributed by atoms with Gasteiger partial charge in [0, 0.05) is 36.3 Å². The highest BCUT2D eigenvalue weighted by Gasteiger charge is 2.32. The number of hydrogen-bond donors (Lipinski definition) is 4. The first-order valence-electron chi connectivity index (χ1n) is 15.2. The van der Waals surface area contributed by atoms with Crippen molar-refractivity contribution >= 4 is 29.3 Å². The van der Waals surface area contributed by atoms with Gasteiger partial charge in [0.15, 0.2) is 6.29 Å². The molecule has 1 aliphatic rings. The van der Waals surface area contributed by atoms with Gasteiger partial charge in [0.05, 0.1) is 24.5 Å². The van der Waals surface area contributed by atoms with Crippen molar-refractivity contribution in [1.82, 2.24) is 20.2 Å². The summed E-state index contributed by atoms with van der Waals surface area (Å²) in [4.78, 5) is 23.1. The number of carboxylic acid groups (broad SMARTS) is 1. The van der Waals surface area contributed by atoms with E-state index in [2.05, 4.69) is 20.8 Å². The molecular weight excluding hydrogens is 610 g/mol. The Balaban J connectivity index is 1.22. The molecule has 13 heteroatoms. The van der Waals surface area contributed by atoms with E-state index in [1.165, 1.54) is 11.8 Å². The number of rotatable bonds is 15. The van der Waals surface area contributed by atoms with Crippen LogP contribution in [0.3, 0.4) is 0 Å². The third kappa shape index (κ3) is 9.36. The normalized spacial score (nSPS) is 17.9. The zero-order chi connectivity index (χ0) is 32.3. The number of carbonyl (C=O) groups is 2. The molecule has 12 nitrogen and oxygen atoms in total. The van der Waals surface area contributed by atoms with Crippen LogP contribution in [0.15, 0.2) is 78.0 Å². The highest BCUT2D eigenvalue weighted by Crippen LogP contribution is 2.39. The summed E-state index contributed by atoms with van der Waals surface area (Å²) in [5.41, 5.74) is 3.98. The molecule has 46 heavy (non-hydrogen) atoms. The molecule has 0 spiro atoms. The summed E-state index contributed by atoms with van der Waals surface area (Å²) >= 11 is 1.46. The largest absolute Gasteiger partial charge is 0.508 e. The maximum absolute atomic E-state index is 12.4. The monoisotopic (exact) mass is 647 g/mol. The van der Waals surface area contributed by atoms with Crippen molar-refractivity contribution in [2.24, 2.45) is 0 Å². The number of benzene rings is 3. The van der Waals surface area contributed by atoms with Crippen molar-refractivity contribution in [3.63, 3.8) is 0 Å². The van der Waals surface area contributed by atoms with Crippen LogP contribution in [0, 0.1) is 0 Å². The second-order valence-electron chi connectivity index (χ2n) is 11.0. The van der Waals surface area contributed by atoms with Crippen LogP contribution in [0.2, 0.25) is 0 Å². The van der Waals surface area contributed by atoms with Crippen LogP contribution in [0.1, 0.15) is 74.0 Å². The van der Waals surface area contributed by atoms with Crippen LogP contribution in [0.25, 0.3) is 5.69 Å². The quantitative estimate of drug-likeness (QED) is 0.0941. The number of nitrogens with zero attached hydrogens (tertiary/aromatic N) is 4. The highest BCUT2D eigenvalue weighted by atomic mass is 32.2. The lowest BCUT2D eigenvalue weighted by Crippen LogP contribution is -2.31. The Labute approximate surface area is 270 Å². The van der Waals surface area contributed by atoms with E-state index in [0.29, 0.717) is 42.3 Å². The van der Waals surface area contributed by atoms with Crippen LogP contribution >= 0.6 is 11.8 Å². The summed E-state index contributed by atoms with van der Waals surface area (Å²) in [5.74, 6) is -0.178.